The summed E-state index contributed by atoms with van der Waals surface area (Å²) in [6.45, 7) is 8.02. The third-order valence-corrected chi connectivity index (χ3v) is 4.02. The molecule has 1 aromatic carbocycles. The first-order valence-corrected chi connectivity index (χ1v) is 7.91. The van der Waals surface area contributed by atoms with E-state index < -0.39 is 0 Å². The fraction of sp³-hybridized carbons (Fsp3) is 0.353. The molecule has 1 N–H and O–H groups in total. The summed E-state index contributed by atoms with van der Waals surface area (Å²) in [6, 6.07) is 8.18. The summed E-state index contributed by atoms with van der Waals surface area (Å²) in [4.78, 5) is 11.6. The number of fused-ring (bicyclic) bond motifs is 1. The molecule has 120 valence electrons. The highest BCUT2D eigenvalue weighted by atomic mass is 15.3. The van der Waals surface area contributed by atoms with Crippen LogP contribution in [0, 0.1) is 6.92 Å². The van der Waals surface area contributed by atoms with Gasteiger partial charge in [0, 0.05) is 25.8 Å². The minimum atomic E-state index is 0.724. The maximum atomic E-state index is 4.74. The third-order valence-electron chi connectivity index (χ3n) is 4.02. The van der Waals surface area contributed by atoms with Crippen LogP contribution in [0.5, 0.6) is 0 Å². The van der Waals surface area contributed by atoms with Crippen LogP contribution in [0.15, 0.2) is 30.5 Å². The first kappa shape index (κ1) is 15.3. The number of anilines is 3. The second kappa shape index (κ2) is 6.24. The zero-order chi connectivity index (χ0) is 16.4. The van der Waals surface area contributed by atoms with E-state index in [1.54, 1.807) is 4.68 Å². The van der Waals surface area contributed by atoms with Gasteiger partial charge in [-0.3, -0.25) is 4.68 Å². The number of aromatic nitrogens is 4. The number of rotatable bonds is 5. The van der Waals surface area contributed by atoms with E-state index in [9.17, 15) is 0 Å². The van der Waals surface area contributed by atoms with E-state index in [0.29, 0.717) is 0 Å². The molecule has 23 heavy (non-hydrogen) atoms. The summed E-state index contributed by atoms with van der Waals surface area (Å²) in [7, 11) is 1.90. The van der Waals surface area contributed by atoms with Gasteiger partial charge >= 0.3 is 0 Å². The topological polar surface area (TPSA) is 58.9 Å². The van der Waals surface area contributed by atoms with Gasteiger partial charge in [0.15, 0.2) is 5.65 Å². The molecule has 0 saturated carbocycles. The Hall–Kier alpha value is -2.63. The predicted molar refractivity (Wildman–Crippen MR) is 94.3 cm³/mol. The van der Waals surface area contributed by atoms with Crippen LogP contribution >= 0.6 is 0 Å². The Balaban J connectivity index is 2.12. The molecule has 2 heterocycles. The van der Waals surface area contributed by atoms with Crippen LogP contribution in [0.1, 0.15) is 19.4 Å². The minimum Gasteiger partial charge on any atom is -0.341 e. The van der Waals surface area contributed by atoms with Gasteiger partial charge in [-0.05, 0) is 32.4 Å². The first-order valence-electron chi connectivity index (χ1n) is 7.91. The lowest BCUT2D eigenvalue weighted by atomic mass is 10.2. The fourth-order valence-electron chi connectivity index (χ4n) is 2.59. The number of nitrogens with one attached hydrogen (secondary N) is 1. The largest absolute Gasteiger partial charge is 0.341 e. The van der Waals surface area contributed by atoms with Gasteiger partial charge in [-0.2, -0.15) is 15.1 Å². The van der Waals surface area contributed by atoms with Crippen LogP contribution in [0.3, 0.4) is 0 Å². The highest BCUT2D eigenvalue weighted by Gasteiger charge is 2.15. The molecule has 2 aromatic heterocycles. The maximum Gasteiger partial charge on any atom is 0.229 e. The molecule has 0 fully saturated rings. The Morgan fingerprint density at radius 1 is 1.13 bits per heavy atom. The lowest BCUT2D eigenvalue weighted by Gasteiger charge is -2.20. The van der Waals surface area contributed by atoms with Crippen molar-refractivity contribution in [3.05, 3.63) is 36.0 Å². The Morgan fingerprint density at radius 2 is 1.87 bits per heavy atom. The van der Waals surface area contributed by atoms with Gasteiger partial charge in [0.1, 0.15) is 5.82 Å². The van der Waals surface area contributed by atoms with E-state index >= 15 is 0 Å². The lowest BCUT2D eigenvalue weighted by Crippen LogP contribution is -2.24. The Morgan fingerprint density at radius 3 is 2.57 bits per heavy atom. The third kappa shape index (κ3) is 2.84. The van der Waals surface area contributed by atoms with Crippen molar-refractivity contribution in [3.63, 3.8) is 0 Å². The zero-order valence-corrected chi connectivity index (χ0v) is 14.0. The minimum absolute atomic E-state index is 0.724. The lowest BCUT2D eigenvalue weighted by molar-refractivity contribution is 0.776. The van der Waals surface area contributed by atoms with Gasteiger partial charge in [0.2, 0.25) is 5.95 Å². The summed E-state index contributed by atoms with van der Waals surface area (Å²) in [5, 5.41) is 8.69. The molecule has 0 bridgehead atoms. The molecule has 0 spiro atoms. The fourth-order valence-corrected chi connectivity index (χ4v) is 2.59. The van der Waals surface area contributed by atoms with Crippen molar-refractivity contribution in [2.75, 3.05) is 23.3 Å². The standard InChI is InChI=1S/C17H22N6/c1-5-23(6-2)17-20-15(13-11-18-22(4)16(13)21-17)19-14-10-8-7-9-12(14)3/h7-11H,5-6H2,1-4H3,(H,19,20,21). The Bertz CT molecular complexity index is 819. The van der Waals surface area contributed by atoms with Crippen molar-refractivity contribution in [2.45, 2.75) is 20.8 Å². The van der Waals surface area contributed by atoms with Gasteiger partial charge in [-0.1, -0.05) is 18.2 Å². The Kier molecular flexibility index (Phi) is 4.14. The first-order chi connectivity index (χ1) is 11.1. The van der Waals surface area contributed by atoms with E-state index in [2.05, 4.69) is 53.2 Å². The van der Waals surface area contributed by atoms with Crippen molar-refractivity contribution in [1.82, 2.24) is 19.7 Å². The average Bonchev–Trinajstić information content (AvgIpc) is 2.93. The highest BCUT2D eigenvalue weighted by Crippen LogP contribution is 2.27. The Labute approximate surface area is 136 Å². The van der Waals surface area contributed by atoms with Crippen molar-refractivity contribution in [3.8, 4) is 0 Å². The van der Waals surface area contributed by atoms with Crippen molar-refractivity contribution in [2.24, 2.45) is 7.05 Å². The molecule has 0 aliphatic rings. The molecule has 0 radical (unpaired) electrons. The van der Waals surface area contributed by atoms with Gasteiger partial charge in [-0.25, -0.2) is 0 Å². The molecular formula is C17H22N6. The van der Waals surface area contributed by atoms with E-state index in [0.717, 1.165) is 41.6 Å². The maximum absolute atomic E-state index is 4.74. The van der Waals surface area contributed by atoms with Crippen LogP contribution < -0.4 is 10.2 Å². The van der Waals surface area contributed by atoms with Crippen LogP contribution in [-0.4, -0.2) is 32.8 Å². The molecule has 0 amide bonds. The van der Waals surface area contributed by atoms with Crippen molar-refractivity contribution in [1.29, 1.82) is 0 Å². The molecule has 0 unspecified atom stereocenters. The quantitative estimate of drug-likeness (QED) is 0.784. The van der Waals surface area contributed by atoms with Crippen LogP contribution in [0.2, 0.25) is 0 Å². The summed E-state index contributed by atoms with van der Waals surface area (Å²) >= 11 is 0. The zero-order valence-electron chi connectivity index (χ0n) is 14.0. The van der Waals surface area contributed by atoms with Crippen molar-refractivity contribution >= 4 is 28.5 Å². The number of benzene rings is 1. The normalized spacial score (nSPS) is 11.0. The van der Waals surface area contributed by atoms with E-state index in [4.69, 9.17) is 4.98 Å². The summed E-state index contributed by atoms with van der Waals surface area (Å²) in [6.07, 6.45) is 1.81. The number of aryl methyl sites for hydroxylation is 2. The van der Waals surface area contributed by atoms with Crippen molar-refractivity contribution < 1.29 is 0 Å². The highest BCUT2D eigenvalue weighted by molar-refractivity contribution is 5.89. The van der Waals surface area contributed by atoms with E-state index in [-0.39, 0.29) is 0 Å². The second-order valence-corrected chi connectivity index (χ2v) is 5.49. The van der Waals surface area contributed by atoms with E-state index in [1.165, 1.54) is 5.56 Å². The number of hydrogen-bond donors (Lipinski definition) is 1. The van der Waals surface area contributed by atoms with Crippen LogP contribution in [0.4, 0.5) is 17.5 Å². The van der Waals surface area contributed by atoms with E-state index in [1.807, 2.05) is 25.4 Å². The molecule has 3 aromatic rings. The summed E-state index contributed by atoms with van der Waals surface area (Å²) in [5.74, 6) is 1.52. The number of hydrogen-bond acceptors (Lipinski definition) is 5. The monoisotopic (exact) mass is 310 g/mol. The summed E-state index contributed by atoms with van der Waals surface area (Å²) < 4.78 is 1.78. The molecule has 6 heteroatoms. The van der Waals surface area contributed by atoms with Gasteiger partial charge < -0.3 is 10.2 Å². The second-order valence-electron chi connectivity index (χ2n) is 5.49. The summed E-state index contributed by atoms with van der Waals surface area (Å²) in [5.41, 5.74) is 3.05. The molecule has 0 atom stereocenters. The average molecular weight is 310 g/mol. The van der Waals surface area contributed by atoms with Gasteiger partial charge in [-0.15, -0.1) is 0 Å². The number of nitrogens with zero attached hydrogens (tertiary/aromatic N) is 5. The molecule has 0 aliphatic carbocycles. The predicted octanol–water partition coefficient (Wildman–Crippen LogP) is 3.26. The molecular weight excluding hydrogens is 288 g/mol. The molecule has 0 aliphatic heterocycles. The van der Waals surface area contributed by atoms with Crippen LogP contribution in [-0.2, 0) is 7.05 Å². The SMILES string of the molecule is CCN(CC)c1nc(Nc2ccccc2C)c2cnn(C)c2n1. The van der Waals surface area contributed by atoms with Gasteiger partial charge in [0.25, 0.3) is 0 Å². The number of para-hydroxylation sites is 1. The van der Waals surface area contributed by atoms with Gasteiger partial charge in [0.05, 0.1) is 11.6 Å². The molecule has 3 rings (SSSR count). The molecule has 0 saturated heterocycles. The van der Waals surface area contributed by atoms with Crippen LogP contribution in [0.25, 0.3) is 11.0 Å². The smallest absolute Gasteiger partial charge is 0.229 e. The molecule has 6 nitrogen and oxygen atoms in total.